The normalized spacial score (nSPS) is 11.8. The Morgan fingerprint density at radius 1 is 1.22 bits per heavy atom. The molecule has 0 N–H and O–H groups in total. The maximum absolute atomic E-state index is 12.7. The fraction of sp³-hybridized carbons (Fsp3) is 0.250. The summed E-state index contributed by atoms with van der Waals surface area (Å²) in [5.41, 5.74) is 3.52. The van der Waals surface area contributed by atoms with Gasteiger partial charge in [0.15, 0.2) is 0 Å². The van der Waals surface area contributed by atoms with Crippen LogP contribution in [-0.4, -0.2) is 23.0 Å². The van der Waals surface area contributed by atoms with Crippen LogP contribution in [0.4, 0.5) is 0 Å². The number of hydrogen-bond acceptors (Lipinski definition) is 5. The summed E-state index contributed by atoms with van der Waals surface area (Å²) in [6.45, 7) is 5.83. The van der Waals surface area contributed by atoms with Gasteiger partial charge in [0.1, 0.15) is 5.75 Å². The van der Waals surface area contributed by atoms with E-state index in [1.807, 2.05) is 39.0 Å². The Hall–Kier alpha value is -1.99. The summed E-state index contributed by atoms with van der Waals surface area (Å²) in [4.78, 5) is 8.32. The number of aryl methyl sites for hydroxylation is 3. The number of aromatic nitrogens is 3. The predicted molar refractivity (Wildman–Crippen MR) is 90.8 cm³/mol. The van der Waals surface area contributed by atoms with Crippen molar-refractivity contribution in [1.82, 2.24) is 14.5 Å². The van der Waals surface area contributed by atoms with Gasteiger partial charge in [0, 0.05) is 17.8 Å². The predicted octanol–water partition coefficient (Wildman–Crippen LogP) is 3.23. The lowest BCUT2D eigenvalue weighted by Crippen LogP contribution is -2.12. The minimum absolute atomic E-state index is 0.0510. The number of imidazole rings is 1. The molecule has 0 unspecified atom stereocenters. The monoisotopic (exact) mass is 347 g/mol. The quantitative estimate of drug-likeness (QED) is 0.727. The second kappa shape index (κ2) is 5.90. The molecular formula is C16H17N3O2S2. The molecule has 0 aliphatic carbocycles. The Bertz CT molecular complexity index is 955. The van der Waals surface area contributed by atoms with Crippen LogP contribution in [0.2, 0.25) is 0 Å². The smallest absolute Gasteiger partial charge is 0.232 e. The second-order valence-corrected chi connectivity index (χ2v) is 8.43. The number of nitrogens with zero attached hydrogens (tertiary/aromatic N) is 3. The van der Waals surface area contributed by atoms with E-state index in [-0.39, 0.29) is 10.9 Å². The molecule has 0 aliphatic rings. The van der Waals surface area contributed by atoms with Crippen LogP contribution in [-0.2, 0) is 15.6 Å². The molecule has 0 atom stereocenters. The van der Waals surface area contributed by atoms with E-state index >= 15 is 0 Å². The molecule has 23 heavy (non-hydrogen) atoms. The van der Waals surface area contributed by atoms with Crippen molar-refractivity contribution in [2.45, 2.75) is 31.7 Å². The molecule has 3 rings (SSSR count). The summed E-state index contributed by atoms with van der Waals surface area (Å²) in [5.74, 6) is -0.140. The van der Waals surface area contributed by atoms with Gasteiger partial charge in [-0.25, -0.2) is 18.4 Å². The van der Waals surface area contributed by atoms with Gasteiger partial charge in [-0.3, -0.25) is 4.57 Å². The first-order valence-corrected chi connectivity index (χ1v) is 9.65. The van der Waals surface area contributed by atoms with Crippen LogP contribution in [0.25, 0.3) is 5.69 Å². The summed E-state index contributed by atoms with van der Waals surface area (Å²) < 4.78 is 27.1. The molecule has 0 saturated carbocycles. The van der Waals surface area contributed by atoms with Gasteiger partial charge < -0.3 is 0 Å². The minimum Gasteiger partial charge on any atom is -0.290 e. The highest BCUT2D eigenvalue weighted by Crippen LogP contribution is 2.22. The van der Waals surface area contributed by atoms with Gasteiger partial charge in [0.25, 0.3) is 0 Å². The van der Waals surface area contributed by atoms with E-state index in [2.05, 4.69) is 9.97 Å². The van der Waals surface area contributed by atoms with E-state index in [1.165, 1.54) is 17.5 Å². The second-order valence-electron chi connectivity index (χ2n) is 5.49. The largest absolute Gasteiger partial charge is 0.290 e. The Morgan fingerprint density at radius 2 is 2.00 bits per heavy atom. The van der Waals surface area contributed by atoms with E-state index in [4.69, 9.17) is 0 Å². The first kappa shape index (κ1) is 15.9. The van der Waals surface area contributed by atoms with Gasteiger partial charge in [0.2, 0.25) is 15.0 Å². The molecule has 0 radical (unpaired) electrons. The molecule has 2 aromatic heterocycles. The molecule has 0 spiro atoms. The fourth-order valence-electron chi connectivity index (χ4n) is 2.51. The summed E-state index contributed by atoms with van der Waals surface area (Å²) >= 11 is 1.44. The zero-order chi connectivity index (χ0) is 16.6. The van der Waals surface area contributed by atoms with Crippen molar-refractivity contribution in [3.05, 3.63) is 57.8 Å². The maximum Gasteiger partial charge on any atom is 0.232 e. The van der Waals surface area contributed by atoms with Crippen molar-refractivity contribution in [2.75, 3.05) is 0 Å². The Kier molecular flexibility index (Phi) is 4.08. The molecule has 7 heteroatoms. The van der Waals surface area contributed by atoms with Gasteiger partial charge in [-0.05, 0) is 32.4 Å². The molecule has 0 fully saturated rings. The lowest BCUT2D eigenvalue weighted by Gasteiger charge is -2.11. The third-order valence-corrected chi connectivity index (χ3v) is 5.86. The number of hydrogen-bond donors (Lipinski definition) is 0. The van der Waals surface area contributed by atoms with Crippen LogP contribution in [0.3, 0.4) is 0 Å². The van der Waals surface area contributed by atoms with Gasteiger partial charge in [-0.15, -0.1) is 11.3 Å². The summed E-state index contributed by atoms with van der Waals surface area (Å²) in [5, 5.41) is 2.68. The van der Waals surface area contributed by atoms with E-state index in [0.29, 0.717) is 5.69 Å². The van der Waals surface area contributed by atoms with Crippen LogP contribution in [0.1, 0.15) is 21.8 Å². The van der Waals surface area contributed by atoms with Crippen LogP contribution in [0, 0.1) is 20.8 Å². The van der Waals surface area contributed by atoms with Crippen LogP contribution in [0.5, 0.6) is 0 Å². The van der Waals surface area contributed by atoms with E-state index in [1.54, 1.807) is 16.1 Å². The Balaban J connectivity index is 2.03. The van der Waals surface area contributed by atoms with Crippen molar-refractivity contribution in [1.29, 1.82) is 0 Å². The average molecular weight is 347 g/mol. The molecule has 120 valence electrons. The number of thiazole rings is 1. The van der Waals surface area contributed by atoms with Crippen molar-refractivity contribution < 1.29 is 8.42 Å². The zero-order valence-corrected chi connectivity index (χ0v) is 14.8. The Labute approximate surface area is 139 Å². The highest BCUT2D eigenvalue weighted by molar-refractivity contribution is 7.90. The summed E-state index contributed by atoms with van der Waals surface area (Å²) in [6.07, 6.45) is 3.19. The van der Waals surface area contributed by atoms with Crippen LogP contribution in [0.15, 0.2) is 41.1 Å². The lowest BCUT2D eigenvalue weighted by atomic mass is 10.1. The van der Waals surface area contributed by atoms with Crippen molar-refractivity contribution in [3.8, 4) is 5.69 Å². The number of sulfone groups is 1. The standard InChI is InChI=1S/C16H17N3O2S2/c1-11-4-5-15(12(2)8-11)19-7-6-17-16(19)23(20,21)10-14-9-22-13(3)18-14/h4-9H,10H2,1-3H3. The highest BCUT2D eigenvalue weighted by atomic mass is 32.2. The van der Waals surface area contributed by atoms with Gasteiger partial charge in [0.05, 0.1) is 16.4 Å². The number of rotatable bonds is 4. The zero-order valence-electron chi connectivity index (χ0n) is 13.1. The fourth-order valence-corrected chi connectivity index (χ4v) is 4.58. The lowest BCUT2D eigenvalue weighted by molar-refractivity contribution is 0.583. The highest BCUT2D eigenvalue weighted by Gasteiger charge is 2.23. The molecule has 0 saturated heterocycles. The van der Waals surface area contributed by atoms with E-state index < -0.39 is 9.84 Å². The molecule has 5 nitrogen and oxygen atoms in total. The molecule has 0 aliphatic heterocycles. The van der Waals surface area contributed by atoms with E-state index in [0.717, 1.165) is 21.8 Å². The average Bonchev–Trinajstić information content (AvgIpc) is 3.08. The molecular weight excluding hydrogens is 330 g/mol. The first-order valence-electron chi connectivity index (χ1n) is 7.11. The minimum atomic E-state index is -3.57. The van der Waals surface area contributed by atoms with Crippen molar-refractivity contribution in [2.24, 2.45) is 0 Å². The van der Waals surface area contributed by atoms with Gasteiger partial charge in [-0.2, -0.15) is 0 Å². The number of benzene rings is 1. The van der Waals surface area contributed by atoms with Crippen molar-refractivity contribution >= 4 is 21.2 Å². The first-order chi connectivity index (χ1) is 10.9. The Morgan fingerprint density at radius 3 is 2.65 bits per heavy atom. The summed E-state index contributed by atoms with van der Waals surface area (Å²) in [7, 11) is -3.57. The molecule has 3 aromatic rings. The molecule has 0 amide bonds. The van der Waals surface area contributed by atoms with Crippen molar-refractivity contribution in [3.63, 3.8) is 0 Å². The topological polar surface area (TPSA) is 64.8 Å². The van der Waals surface area contributed by atoms with Crippen LogP contribution >= 0.6 is 11.3 Å². The van der Waals surface area contributed by atoms with E-state index in [9.17, 15) is 8.42 Å². The van der Waals surface area contributed by atoms with Gasteiger partial charge in [-0.1, -0.05) is 17.7 Å². The maximum atomic E-state index is 12.7. The molecule has 2 heterocycles. The summed E-state index contributed by atoms with van der Waals surface area (Å²) in [6, 6.07) is 5.90. The van der Waals surface area contributed by atoms with Gasteiger partial charge >= 0.3 is 0 Å². The third kappa shape index (κ3) is 3.20. The molecule has 1 aromatic carbocycles. The third-order valence-electron chi connectivity index (χ3n) is 3.50. The molecule has 0 bridgehead atoms. The SMILES string of the molecule is Cc1ccc(-n2ccnc2S(=O)(=O)Cc2csc(C)n2)c(C)c1. The van der Waals surface area contributed by atoms with Crippen LogP contribution < -0.4 is 0 Å².